The van der Waals surface area contributed by atoms with Crippen LogP contribution < -0.4 is 0 Å². The van der Waals surface area contributed by atoms with Gasteiger partial charge in [-0.05, 0) is 24.0 Å². The highest BCUT2D eigenvalue weighted by Gasteiger charge is 2.11. The van der Waals surface area contributed by atoms with Crippen LogP contribution in [0.1, 0.15) is 31.7 Å². The summed E-state index contributed by atoms with van der Waals surface area (Å²) < 4.78 is 25.6. The molecule has 2 heteroatoms. The molecule has 0 aliphatic rings. The summed E-state index contributed by atoms with van der Waals surface area (Å²) in [5.41, 5.74) is 1.29. The number of hydrogen-bond acceptors (Lipinski definition) is 0. The van der Waals surface area contributed by atoms with Crippen molar-refractivity contribution in [3.05, 3.63) is 54.1 Å². The molecule has 86 valence electrons. The van der Waals surface area contributed by atoms with E-state index in [1.807, 2.05) is 25.1 Å². The molecule has 1 rings (SSSR count). The summed E-state index contributed by atoms with van der Waals surface area (Å²) in [4.78, 5) is 0. The van der Waals surface area contributed by atoms with Gasteiger partial charge in [0.25, 0.3) is 6.08 Å². The second kappa shape index (κ2) is 6.21. The highest BCUT2D eigenvalue weighted by molar-refractivity contribution is 5.77. The summed E-state index contributed by atoms with van der Waals surface area (Å²) in [6.07, 6.45) is 0.450. The van der Waals surface area contributed by atoms with E-state index >= 15 is 0 Å². The van der Waals surface area contributed by atoms with E-state index in [0.717, 1.165) is 18.4 Å². The Balaban J connectivity index is 2.89. The van der Waals surface area contributed by atoms with Gasteiger partial charge in [-0.15, -0.1) is 0 Å². The lowest BCUT2D eigenvalue weighted by molar-refractivity contribution is 0.411. The van der Waals surface area contributed by atoms with Crippen LogP contribution in [-0.2, 0) is 0 Å². The summed E-state index contributed by atoms with van der Waals surface area (Å²) >= 11 is 0. The van der Waals surface area contributed by atoms with E-state index < -0.39 is 6.08 Å². The molecule has 0 radical (unpaired) electrons. The molecular formula is C14H16F2. The first-order chi connectivity index (χ1) is 7.66. The highest BCUT2D eigenvalue weighted by atomic mass is 19.3. The fourth-order valence-corrected chi connectivity index (χ4v) is 1.53. The highest BCUT2D eigenvalue weighted by Crippen LogP contribution is 2.29. The molecule has 0 nitrogen and oxygen atoms in total. The summed E-state index contributed by atoms with van der Waals surface area (Å²) in [7, 11) is 0. The fraction of sp³-hybridized carbons (Fsp3) is 0.286. The van der Waals surface area contributed by atoms with Crippen LogP contribution in [0.3, 0.4) is 0 Å². The minimum atomic E-state index is -1.61. The molecular weight excluding hydrogens is 206 g/mol. The Bertz CT molecular complexity index is 373. The lowest BCUT2D eigenvalue weighted by atomic mass is 9.96. The van der Waals surface area contributed by atoms with Gasteiger partial charge in [0.2, 0.25) is 0 Å². The van der Waals surface area contributed by atoms with Crippen LogP contribution in [0.15, 0.2) is 48.6 Å². The number of hydrogen-bond donors (Lipinski definition) is 0. The van der Waals surface area contributed by atoms with Crippen molar-refractivity contribution in [2.75, 3.05) is 0 Å². The van der Waals surface area contributed by atoms with Gasteiger partial charge in [0.05, 0.1) is 0 Å². The second-order valence-corrected chi connectivity index (χ2v) is 3.69. The van der Waals surface area contributed by atoms with E-state index in [-0.39, 0.29) is 5.57 Å². The molecule has 16 heavy (non-hydrogen) atoms. The first-order valence-corrected chi connectivity index (χ1v) is 5.45. The van der Waals surface area contributed by atoms with Crippen molar-refractivity contribution in [2.45, 2.75) is 26.2 Å². The maximum Gasteiger partial charge on any atom is 0.274 e. The molecule has 0 N–H and O–H groups in total. The number of benzene rings is 1. The van der Waals surface area contributed by atoms with Gasteiger partial charge in [-0.2, -0.15) is 8.78 Å². The van der Waals surface area contributed by atoms with Gasteiger partial charge >= 0.3 is 0 Å². The maximum absolute atomic E-state index is 12.8. The number of halogens is 2. The van der Waals surface area contributed by atoms with E-state index in [9.17, 15) is 8.78 Å². The predicted molar refractivity (Wildman–Crippen MR) is 64.2 cm³/mol. The second-order valence-electron chi connectivity index (χ2n) is 3.69. The molecule has 0 fully saturated rings. The average molecular weight is 222 g/mol. The number of allylic oxidation sites excluding steroid dienone is 2. The molecule has 0 bridgehead atoms. The molecule has 0 heterocycles. The molecule has 1 aromatic carbocycles. The van der Waals surface area contributed by atoms with Crippen molar-refractivity contribution in [3.8, 4) is 0 Å². The van der Waals surface area contributed by atoms with E-state index in [4.69, 9.17) is 0 Å². The Morgan fingerprint density at radius 1 is 1.19 bits per heavy atom. The Kier molecular flexibility index (Phi) is 4.90. The predicted octanol–water partition coefficient (Wildman–Crippen LogP) is 5.04. The van der Waals surface area contributed by atoms with Crippen molar-refractivity contribution < 1.29 is 8.78 Å². The molecule has 0 aliphatic heterocycles. The topological polar surface area (TPSA) is 0 Å². The molecule has 1 aromatic rings. The minimum Gasteiger partial charge on any atom is -0.173 e. The van der Waals surface area contributed by atoms with Gasteiger partial charge in [0.15, 0.2) is 0 Å². The number of unbranched alkanes of at least 4 members (excludes halogenated alkanes) is 1. The monoisotopic (exact) mass is 222 g/mol. The van der Waals surface area contributed by atoms with E-state index in [1.165, 1.54) is 0 Å². The summed E-state index contributed by atoms with van der Waals surface area (Å²) in [5, 5.41) is 0. The largest absolute Gasteiger partial charge is 0.274 e. The Labute approximate surface area is 95.3 Å². The first kappa shape index (κ1) is 12.6. The fourth-order valence-electron chi connectivity index (χ4n) is 1.53. The zero-order valence-corrected chi connectivity index (χ0v) is 9.47. The molecule has 0 spiro atoms. The van der Waals surface area contributed by atoms with Gasteiger partial charge in [0, 0.05) is 5.57 Å². The van der Waals surface area contributed by atoms with Gasteiger partial charge in [-0.25, -0.2) is 0 Å². The van der Waals surface area contributed by atoms with Crippen molar-refractivity contribution >= 4 is 5.57 Å². The lowest BCUT2D eigenvalue weighted by Crippen LogP contribution is -1.91. The molecule has 0 aliphatic carbocycles. The van der Waals surface area contributed by atoms with Crippen LogP contribution in [0.4, 0.5) is 8.78 Å². The van der Waals surface area contributed by atoms with Crippen molar-refractivity contribution in [2.24, 2.45) is 0 Å². The Morgan fingerprint density at radius 3 is 2.31 bits per heavy atom. The summed E-state index contributed by atoms with van der Waals surface area (Å²) in [5.74, 6) is 0. The average Bonchev–Trinajstić information content (AvgIpc) is 2.30. The Hall–Kier alpha value is -1.44. The zero-order chi connectivity index (χ0) is 12.0. The molecule has 0 amide bonds. The van der Waals surface area contributed by atoms with Crippen LogP contribution in [-0.4, -0.2) is 0 Å². The van der Waals surface area contributed by atoms with E-state index in [1.54, 1.807) is 12.1 Å². The molecule has 0 saturated heterocycles. The van der Waals surface area contributed by atoms with Gasteiger partial charge in [-0.3, -0.25) is 0 Å². The van der Waals surface area contributed by atoms with Crippen molar-refractivity contribution in [1.82, 2.24) is 0 Å². The zero-order valence-electron chi connectivity index (χ0n) is 9.47. The van der Waals surface area contributed by atoms with Crippen LogP contribution in [0.2, 0.25) is 0 Å². The number of rotatable bonds is 5. The van der Waals surface area contributed by atoms with Crippen LogP contribution in [0, 0.1) is 0 Å². The molecule has 0 saturated carbocycles. The normalized spacial score (nSPS) is 9.94. The smallest absolute Gasteiger partial charge is 0.173 e. The van der Waals surface area contributed by atoms with Crippen molar-refractivity contribution in [1.29, 1.82) is 0 Å². The first-order valence-electron chi connectivity index (χ1n) is 5.45. The minimum absolute atomic E-state index is 0.0908. The van der Waals surface area contributed by atoms with Gasteiger partial charge in [-0.1, -0.05) is 50.3 Å². The van der Waals surface area contributed by atoms with Crippen LogP contribution >= 0.6 is 0 Å². The molecule has 0 atom stereocenters. The third kappa shape index (κ3) is 3.30. The molecule has 0 unspecified atom stereocenters. The van der Waals surface area contributed by atoms with Gasteiger partial charge < -0.3 is 0 Å². The third-order valence-electron chi connectivity index (χ3n) is 2.49. The third-order valence-corrected chi connectivity index (χ3v) is 2.49. The lowest BCUT2D eigenvalue weighted by Gasteiger charge is -2.09. The maximum atomic E-state index is 12.8. The SMILES string of the molecule is C=C(C(CCCC)=C(F)F)c1ccccc1. The molecule has 0 aromatic heterocycles. The Morgan fingerprint density at radius 2 is 1.81 bits per heavy atom. The summed E-state index contributed by atoms with van der Waals surface area (Å²) in [6, 6.07) is 9.12. The van der Waals surface area contributed by atoms with Crippen molar-refractivity contribution in [3.63, 3.8) is 0 Å². The van der Waals surface area contributed by atoms with Crippen LogP contribution in [0.5, 0.6) is 0 Å². The quantitative estimate of drug-likeness (QED) is 0.612. The van der Waals surface area contributed by atoms with Crippen LogP contribution in [0.25, 0.3) is 5.57 Å². The van der Waals surface area contributed by atoms with Gasteiger partial charge in [0.1, 0.15) is 0 Å². The summed E-state index contributed by atoms with van der Waals surface area (Å²) in [6.45, 7) is 5.75. The van der Waals surface area contributed by atoms with E-state index in [0.29, 0.717) is 12.0 Å². The van der Waals surface area contributed by atoms with E-state index in [2.05, 4.69) is 6.58 Å². The standard InChI is InChI=1S/C14H16F2/c1-3-4-10-13(14(15)16)11(2)12-8-6-5-7-9-12/h5-9H,2-4,10H2,1H3.